The van der Waals surface area contributed by atoms with E-state index in [0.717, 1.165) is 6.08 Å². The Bertz CT molecular complexity index is 161. The van der Waals surface area contributed by atoms with E-state index in [9.17, 15) is 9.90 Å². The van der Waals surface area contributed by atoms with Crippen molar-refractivity contribution in [1.29, 1.82) is 0 Å². The van der Waals surface area contributed by atoms with Crippen molar-refractivity contribution in [3.63, 3.8) is 0 Å². The van der Waals surface area contributed by atoms with Crippen molar-refractivity contribution in [3.05, 3.63) is 12.7 Å². The van der Waals surface area contributed by atoms with E-state index in [4.69, 9.17) is 0 Å². The summed E-state index contributed by atoms with van der Waals surface area (Å²) in [5, 5.41) is 9.21. The van der Waals surface area contributed by atoms with Crippen molar-refractivity contribution in [2.45, 2.75) is 6.10 Å². The number of hydrogen-bond donors (Lipinski definition) is 1. The van der Waals surface area contributed by atoms with E-state index < -0.39 is 12.1 Å². The number of ether oxygens (including phenoxy) is 1. The maximum absolute atomic E-state index is 10.5. The van der Waals surface area contributed by atoms with Crippen LogP contribution in [0.3, 0.4) is 0 Å². The number of aliphatic hydroxyl groups excluding tert-OH is 1. The molecule has 0 fully saturated rings. The maximum atomic E-state index is 10.5. The summed E-state index contributed by atoms with van der Waals surface area (Å²) in [5.41, 5.74) is 0. The first kappa shape index (κ1) is 15.1. The molecule has 0 bridgehead atoms. The van der Waals surface area contributed by atoms with Crippen molar-refractivity contribution in [2.75, 3.05) is 27.2 Å². The molecule has 0 aliphatic rings. The molecule has 0 rings (SSSR count). The summed E-state index contributed by atoms with van der Waals surface area (Å²) in [4.78, 5) is 12.3. The summed E-state index contributed by atoms with van der Waals surface area (Å²) in [5.74, 6) is -0.507. The second kappa shape index (κ2) is 8.22. The summed E-state index contributed by atoms with van der Waals surface area (Å²) in [7, 11) is 3.66. The fourth-order valence-electron chi connectivity index (χ4n) is 0.711. The summed E-state index contributed by atoms with van der Waals surface area (Å²) in [6, 6.07) is 0. The highest BCUT2D eigenvalue weighted by Gasteiger charge is 2.07. The fraction of sp³-hybridized carbons (Fsp3) is 0.625. The van der Waals surface area contributed by atoms with Crippen molar-refractivity contribution in [2.24, 2.45) is 0 Å². The third kappa shape index (κ3) is 9.52. The Morgan fingerprint density at radius 1 is 1.69 bits per heavy atom. The molecule has 5 heteroatoms. The SMILES string of the molecule is Br.C=CC(=O)OCC(O)CN(C)C. The molecular weight excluding hydrogens is 238 g/mol. The average molecular weight is 254 g/mol. The highest BCUT2D eigenvalue weighted by Crippen LogP contribution is 1.89. The third-order valence-electron chi connectivity index (χ3n) is 1.16. The molecule has 78 valence electrons. The number of rotatable bonds is 5. The number of esters is 1. The van der Waals surface area contributed by atoms with Crippen LogP contribution < -0.4 is 0 Å². The van der Waals surface area contributed by atoms with E-state index in [2.05, 4.69) is 11.3 Å². The van der Waals surface area contributed by atoms with Gasteiger partial charge in [0.15, 0.2) is 0 Å². The molecule has 0 amide bonds. The van der Waals surface area contributed by atoms with Gasteiger partial charge in [-0.25, -0.2) is 4.79 Å². The number of hydrogen-bond acceptors (Lipinski definition) is 4. The minimum Gasteiger partial charge on any atom is -0.460 e. The molecule has 0 radical (unpaired) electrons. The Labute approximate surface area is 88.9 Å². The molecule has 4 nitrogen and oxygen atoms in total. The van der Waals surface area contributed by atoms with Crippen molar-refractivity contribution < 1.29 is 14.6 Å². The van der Waals surface area contributed by atoms with Gasteiger partial charge in [0, 0.05) is 12.6 Å². The second-order valence-electron chi connectivity index (χ2n) is 2.75. The van der Waals surface area contributed by atoms with Gasteiger partial charge in [0.05, 0.1) is 0 Å². The number of likely N-dealkylation sites (N-methyl/N-ethyl adjacent to an activating group) is 1. The second-order valence-corrected chi connectivity index (χ2v) is 2.75. The van der Waals surface area contributed by atoms with Gasteiger partial charge in [-0.2, -0.15) is 0 Å². The van der Waals surface area contributed by atoms with Gasteiger partial charge >= 0.3 is 5.97 Å². The Morgan fingerprint density at radius 2 is 2.23 bits per heavy atom. The molecule has 13 heavy (non-hydrogen) atoms. The van der Waals surface area contributed by atoms with E-state index in [1.165, 1.54) is 0 Å². The lowest BCUT2D eigenvalue weighted by atomic mass is 10.3. The zero-order chi connectivity index (χ0) is 9.56. The molecule has 0 saturated carbocycles. The molecule has 0 heterocycles. The first-order valence-corrected chi connectivity index (χ1v) is 3.68. The maximum Gasteiger partial charge on any atom is 0.330 e. The molecule has 1 N–H and O–H groups in total. The van der Waals surface area contributed by atoms with Crippen molar-refractivity contribution in [3.8, 4) is 0 Å². The predicted molar refractivity (Wildman–Crippen MR) is 56.0 cm³/mol. The smallest absolute Gasteiger partial charge is 0.330 e. The third-order valence-corrected chi connectivity index (χ3v) is 1.16. The predicted octanol–water partition coefficient (Wildman–Crippen LogP) is 0.216. The lowest BCUT2D eigenvalue weighted by Gasteiger charge is -2.15. The van der Waals surface area contributed by atoms with Crippen LogP contribution in [0.4, 0.5) is 0 Å². The van der Waals surface area contributed by atoms with Gasteiger partial charge in [-0.05, 0) is 14.1 Å². The molecular formula is C8H16BrNO3. The topological polar surface area (TPSA) is 49.8 Å². The molecule has 0 saturated heterocycles. The zero-order valence-electron chi connectivity index (χ0n) is 7.90. The first-order valence-electron chi connectivity index (χ1n) is 3.68. The van der Waals surface area contributed by atoms with Crippen LogP contribution in [0.2, 0.25) is 0 Å². The van der Waals surface area contributed by atoms with Crippen LogP contribution in [-0.2, 0) is 9.53 Å². The molecule has 1 atom stereocenters. The molecule has 0 aromatic carbocycles. The van der Waals surface area contributed by atoms with Gasteiger partial charge in [0.1, 0.15) is 12.7 Å². The summed E-state index contributed by atoms with van der Waals surface area (Å²) in [6.07, 6.45) is 0.437. The zero-order valence-corrected chi connectivity index (χ0v) is 9.61. The van der Waals surface area contributed by atoms with Gasteiger partial charge in [-0.15, -0.1) is 17.0 Å². The molecule has 0 aliphatic carbocycles. The van der Waals surface area contributed by atoms with E-state index in [0.29, 0.717) is 6.54 Å². The minimum absolute atomic E-state index is 0. The molecule has 0 spiro atoms. The standard InChI is InChI=1S/C8H15NO3.BrH/c1-4-8(11)12-6-7(10)5-9(2)3;/h4,7,10H,1,5-6H2,2-3H3;1H. The van der Waals surface area contributed by atoms with E-state index in [1.54, 1.807) is 0 Å². The first-order chi connectivity index (χ1) is 5.56. The lowest BCUT2D eigenvalue weighted by molar-refractivity contribution is -0.140. The van der Waals surface area contributed by atoms with E-state index in [1.807, 2.05) is 19.0 Å². The summed E-state index contributed by atoms with van der Waals surface area (Å²) in [6.45, 7) is 3.73. The van der Waals surface area contributed by atoms with Gasteiger partial charge in [0.25, 0.3) is 0 Å². The average Bonchev–Trinajstić information content (AvgIpc) is 1.99. The van der Waals surface area contributed by atoms with Gasteiger partial charge < -0.3 is 14.7 Å². The summed E-state index contributed by atoms with van der Waals surface area (Å²) < 4.78 is 4.62. The molecule has 0 aliphatic heterocycles. The number of nitrogens with zero attached hydrogens (tertiary/aromatic N) is 1. The van der Waals surface area contributed by atoms with Crippen LogP contribution in [0.15, 0.2) is 12.7 Å². The van der Waals surface area contributed by atoms with Crippen LogP contribution in [0.1, 0.15) is 0 Å². The normalized spacial score (nSPS) is 11.7. The Morgan fingerprint density at radius 3 is 2.62 bits per heavy atom. The monoisotopic (exact) mass is 253 g/mol. The van der Waals surface area contributed by atoms with Crippen LogP contribution in [0.5, 0.6) is 0 Å². The molecule has 1 unspecified atom stereocenters. The highest BCUT2D eigenvalue weighted by atomic mass is 79.9. The molecule has 0 aromatic rings. The van der Waals surface area contributed by atoms with Gasteiger partial charge in [-0.3, -0.25) is 0 Å². The van der Waals surface area contributed by atoms with Crippen molar-refractivity contribution in [1.82, 2.24) is 4.90 Å². The fourth-order valence-corrected chi connectivity index (χ4v) is 0.711. The number of halogens is 1. The van der Waals surface area contributed by atoms with Crippen LogP contribution in [-0.4, -0.2) is 49.3 Å². The van der Waals surface area contributed by atoms with Crippen LogP contribution in [0.25, 0.3) is 0 Å². The largest absolute Gasteiger partial charge is 0.460 e. The number of carbonyl (C=O) groups excluding carboxylic acids is 1. The van der Waals surface area contributed by atoms with E-state index in [-0.39, 0.29) is 23.6 Å². The summed E-state index contributed by atoms with van der Waals surface area (Å²) >= 11 is 0. The Hall–Kier alpha value is -0.390. The Balaban J connectivity index is 0. The lowest BCUT2D eigenvalue weighted by Crippen LogP contribution is -2.30. The van der Waals surface area contributed by atoms with E-state index >= 15 is 0 Å². The quantitative estimate of drug-likeness (QED) is 0.563. The van der Waals surface area contributed by atoms with Crippen molar-refractivity contribution >= 4 is 23.0 Å². The van der Waals surface area contributed by atoms with Gasteiger partial charge in [0.2, 0.25) is 0 Å². The van der Waals surface area contributed by atoms with Gasteiger partial charge in [-0.1, -0.05) is 6.58 Å². The number of carbonyl (C=O) groups is 1. The highest BCUT2D eigenvalue weighted by molar-refractivity contribution is 8.93. The van der Waals surface area contributed by atoms with Crippen LogP contribution >= 0.6 is 17.0 Å². The Kier molecular flexibility index (Phi) is 9.55. The molecule has 0 aromatic heterocycles. The minimum atomic E-state index is -0.635. The van der Waals surface area contributed by atoms with Crippen LogP contribution in [0, 0.1) is 0 Å². The number of aliphatic hydroxyl groups is 1.